The van der Waals surface area contributed by atoms with E-state index in [0.29, 0.717) is 17.8 Å². The van der Waals surface area contributed by atoms with Crippen molar-refractivity contribution in [1.29, 1.82) is 0 Å². The standard InChI is InChI=1S/C13H14N2O4S/c1-3-15-11(16)10(20-13(15)18)14-9-6-4-8(5-7-9)12(17)19-2/h4-7,10,14H,3H2,1-2H3/t10-/m1/s1. The van der Waals surface area contributed by atoms with Crippen molar-refractivity contribution in [3.8, 4) is 0 Å². The van der Waals surface area contributed by atoms with Gasteiger partial charge in [-0.15, -0.1) is 0 Å². The summed E-state index contributed by atoms with van der Waals surface area (Å²) in [6, 6.07) is 6.52. The predicted octanol–water partition coefficient (Wildman–Crippen LogP) is 1.93. The van der Waals surface area contributed by atoms with Crippen molar-refractivity contribution in [2.75, 3.05) is 19.0 Å². The van der Waals surface area contributed by atoms with Crippen LogP contribution < -0.4 is 5.32 Å². The van der Waals surface area contributed by atoms with Crippen LogP contribution >= 0.6 is 11.8 Å². The fourth-order valence-corrected chi connectivity index (χ4v) is 2.77. The van der Waals surface area contributed by atoms with Crippen LogP contribution in [0.15, 0.2) is 24.3 Å². The van der Waals surface area contributed by atoms with Gasteiger partial charge in [-0.05, 0) is 43.0 Å². The highest BCUT2D eigenvalue weighted by atomic mass is 32.2. The van der Waals surface area contributed by atoms with Gasteiger partial charge in [0, 0.05) is 12.2 Å². The average Bonchev–Trinajstić information content (AvgIpc) is 2.73. The third kappa shape index (κ3) is 2.77. The first-order valence-corrected chi connectivity index (χ1v) is 6.91. The van der Waals surface area contributed by atoms with Crippen LogP contribution in [0.3, 0.4) is 0 Å². The van der Waals surface area contributed by atoms with Crippen molar-refractivity contribution in [2.24, 2.45) is 0 Å². The van der Waals surface area contributed by atoms with E-state index in [1.165, 1.54) is 12.0 Å². The molecule has 1 aromatic carbocycles. The maximum absolute atomic E-state index is 11.9. The molecular formula is C13H14N2O4S. The monoisotopic (exact) mass is 294 g/mol. The summed E-state index contributed by atoms with van der Waals surface area (Å²) in [7, 11) is 1.31. The largest absolute Gasteiger partial charge is 0.465 e. The van der Waals surface area contributed by atoms with Crippen molar-refractivity contribution < 1.29 is 19.1 Å². The number of carbonyl (C=O) groups is 3. The number of likely N-dealkylation sites (N-methyl/N-ethyl adjacent to an activating group) is 1. The van der Waals surface area contributed by atoms with E-state index in [0.717, 1.165) is 11.8 Å². The lowest BCUT2D eigenvalue weighted by atomic mass is 10.2. The molecule has 20 heavy (non-hydrogen) atoms. The van der Waals surface area contributed by atoms with Gasteiger partial charge in [0.15, 0.2) is 5.37 Å². The number of carbonyl (C=O) groups excluding carboxylic acids is 3. The number of nitrogens with one attached hydrogen (secondary N) is 1. The number of benzene rings is 1. The number of amides is 2. The molecule has 0 aromatic heterocycles. The molecule has 1 N–H and O–H groups in total. The summed E-state index contributed by atoms with van der Waals surface area (Å²) in [5, 5.41) is 2.10. The number of esters is 1. The van der Waals surface area contributed by atoms with Gasteiger partial charge in [-0.2, -0.15) is 0 Å². The number of anilines is 1. The average molecular weight is 294 g/mol. The SMILES string of the molecule is CCN1C(=O)S[C@@H](Nc2ccc(C(=O)OC)cc2)C1=O. The summed E-state index contributed by atoms with van der Waals surface area (Å²) in [5.74, 6) is -0.672. The zero-order valence-electron chi connectivity index (χ0n) is 11.1. The number of hydrogen-bond acceptors (Lipinski definition) is 6. The molecule has 1 aliphatic rings. The first-order chi connectivity index (χ1) is 9.56. The molecule has 1 aliphatic heterocycles. The molecule has 0 bridgehead atoms. The highest BCUT2D eigenvalue weighted by molar-refractivity contribution is 8.15. The van der Waals surface area contributed by atoms with Crippen molar-refractivity contribution in [3.05, 3.63) is 29.8 Å². The number of thioether (sulfide) groups is 1. The summed E-state index contributed by atoms with van der Waals surface area (Å²) in [6.45, 7) is 2.12. The van der Waals surface area contributed by atoms with E-state index in [-0.39, 0.29) is 11.1 Å². The zero-order valence-corrected chi connectivity index (χ0v) is 11.9. The van der Waals surface area contributed by atoms with Gasteiger partial charge in [0.25, 0.3) is 11.1 Å². The van der Waals surface area contributed by atoms with E-state index in [1.807, 2.05) is 0 Å². The van der Waals surface area contributed by atoms with Crippen LogP contribution in [-0.2, 0) is 9.53 Å². The summed E-state index contributed by atoms with van der Waals surface area (Å²) in [4.78, 5) is 36.0. The number of methoxy groups -OCH3 is 1. The molecule has 7 heteroatoms. The molecule has 1 aromatic rings. The van der Waals surface area contributed by atoms with E-state index >= 15 is 0 Å². The lowest BCUT2D eigenvalue weighted by molar-refractivity contribution is -0.126. The summed E-state index contributed by atoms with van der Waals surface area (Å²) < 4.78 is 4.60. The molecule has 2 amide bonds. The van der Waals surface area contributed by atoms with Crippen LogP contribution in [0.25, 0.3) is 0 Å². The van der Waals surface area contributed by atoms with Crippen molar-refractivity contribution in [1.82, 2.24) is 4.90 Å². The summed E-state index contributed by atoms with van der Waals surface area (Å²) >= 11 is 0.951. The van der Waals surface area contributed by atoms with Crippen LogP contribution in [0.1, 0.15) is 17.3 Å². The van der Waals surface area contributed by atoms with E-state index in [9.17, 15) is 14.4 Å². The van der Waals surface area contributed by atoms with E-state index in [1.54, 1.807) is 31.2 Å². The topological polar surface area (TPSA) is 75.7 Å². The minimum atomic E-state index is -0.619. The highest BCUT2D eigenvalue weighted by Crippen LogP contribution is 2.27. The molecule has 1 atom stereocenters. The van der Waals surface area contributed by atoms with Crippen LogP contribution in [0.2, 0.25) is 0 Å². The van der Waals surface area contributed by atoms with Gasteiger partial charge in [-0.3, -0.25) is 14.5 Å². The van der Waals surface area contributed by atoms with Gasteiger partial charge < -0.3 is 10.1 Å². The summed E-state index contributed by atoms with van der Waals surface area (Å²) in [5.41, 5.74) is 1.09. The first-order valence-electron chi connectivity index (χ1n) is 6.03. The molecule has 1 heterocycles. The van der Waals surface area contributed by atoms with Gasteiger partial charge in [-0.25, -0.2) is 4.79 Å². The fraction of sp³-hybridized carbons (Fsp3) is 0.308. The fourth-order valence-electron chi connectivity index (χ4n) is 1.79. The van der Waals surface area contributed by atoms with Gasteiger partial charge in [0.2, 0.25) is 0 Å². The van der Waals surface area contributed by atoms with Crippen molar-refractivity contribution in [2.45, 2.75) is 12.3 Å². The lowest BCUT2D eigenvalue weighted by Crippen LogP contribution is -2.34. The van der Waals surface area contributed by atoms with Crippen LogP contribution in [0.4, 0.5) is 10.5 Å². The number of nitrogens with zero attached hydrogens (tertiary/aromatic N) is 1. The minimum absolute atomic E-state index is 0.249. The molecular weight excluding hydrogens is 280 g/mol. The Morgan fingerprint density at radius 2 is 2.00 bits per heavy atom. The number of hydrogen-bond donors (Lipinski definition) is 1. The molecule has 0 unspecified atom stereocenters. The zero-order chi connectivity index (χ0) is 14.7. The van der Waals surface area contributed by atoms with E-state index in [2.05, 4.69) is 10.1 Å². The second kappa shape index (κ2) is 5.96. The molecule has 1 saturated heterocycles. The maximum Gasteiger partial charge on any atom is 0.337 e. The van der Waals surface area contributed by atoms with E-state index in [4.69, 9.17) is 0 Å². The smallest absolute Gasteiger partial charge is 0.337 e. The second-order valence-corrected chi connectivity index (χ2v) is 5.12. The Hall–Kier alpha value is -2.02. The summed E-state index contributed by atoms with van der Waals surface area (Å²) in [6.07, 6.45) is 0. The Morgan fingerprint density at radius 3 is 2.50 bits per heavy atom. The number of rotatable bonds is 4. The third-order valence-corrected chi connectivity index (χ3v) is 3.83. The maximum atomic E-state index is 11.9. The third-order valence-electron chi connectivity index (χ3n) is 2.85. The lowest BCUT2D eigenvalue weighted by Gasteiger charge is -2.13. The van der Waals surface area contributed by atoms with Crippen LogP contribution in [0, 0.1) is 0 Å². The number of ether oxygens (including phenoxy) is 1. The minimum Gasteiger partial charge on any atom is -0.465 e. The Balaban J connectivity index is 2.06. The first kappa shape index (κ1) is 14.4. The Bertz CT molecular complexity index is 544. The van der Waals surface area contributed by atoms with Crippen LogP contribution in [-0.4, -0.2) is 41.0 Å². The van der Waals surface area contributed by atoms with E-state index < -0.39 is 11.3 Å². The van der Waals surface area contributed by atoms with Gasteiger partial charge in [0.1, 0.15) is 0 Å². The molecule has 0 saturated carbocycles. The highest BCUT2D eigenvalue weighted by Gasteiger charge is 2.38. The quantitative estimate of drug-likeness (QED) is 0.855. The molecule has 0 spiro atoms. The molecule has 0 aliphatic carbocycles. The van der Waals surface area contributed by atoms with Crippen molar-refractivity contribution >= 4 is 34.6 Å². The molecule has 106 valence electrons. The Kier molecular flexibility index (Phi) is 4.29. The normalized spacial score (nSPS) is 18.3. The second-order valence-electron chi connectivity index (χ2n) is 4.06. The molecule has 6 nitrogen and oxygen atoms in total. The molecule has 2 rings (SSSR count). The Labute approximate surface area is 120 Å². The van der Waals surface area contributed by atoms with Crippen molar-refractivity contribution in [3.63, 3.8) is 0 Å². The predicted molar refractivity (Wildman–Crippen MR) is 75.6 cm³/mol. The molecule has 1 fully saturated rings. The van der Waals surface area contributed by atoms with Gasteiger partial charge in [-0.1, -0.05) is 0 Å². The molecule has 0 radical (unpaired) electrons. The van der Waals surface area contributed by atoms with Crippen LogP contribution in [0.5, 0.6) is 0 Å². The number of imide groups is 1. The van der Waals surface area contributed by atoms with Gasteiger partial charge >= 0.3 is 5.97 Å². The van der Waals surface area contributed by atoms with Gasteiger partial charge in [0.05, 0.1) is 12.7 Å². The Morgan fingerprint density at radius 1 is 1.35 bits per heavy atom.